The predicted octanol–water partition coefficient (Wildman–Crippen LogP) is 8.40. The Kier molecular flexibility index (Phi) is 5.67. The second-order valence-corrected chi connectivity index (χ2v) is 8.90. The lowest BCUT2D eigenvalue weighted by Gasteiger charge is -2.11. The Bertz CT molecular complexity index is 1250. The van der Waals surface area contributed by atoms with Gasteiger partial charge in [0, 0.05) is 21.2 Å². The van der Waals surface area contributed by atoms with E-state index in [1.54, 1.807) is 6.07 Å². The van der Waals surface area contributed by atoms with Crippen LogP contribution in [0.2, 0.25) is 15.1 Å². The molecule has 0 N–H and O–H groups in total. The Balaban J connectivity index is 2.02. The molecule has 0 saturated carbocycles. The molecule has 2 nitrogen and oxygen atoms in total. The van der Waals surface area contributed by atoms with Crippen LogP contribution in [0.3, 0.4) is 0 Å². The molecular weight excluding hydrogens is 435 g/mol. The molecule has 0 saturated heterocycles. The number of rotatable bonds is 3. The zero-order valence-electron chi connectivity index (χ0n) is 17.2. The van der Waals surface area contributed by atoms with E-state index in [4.69, 9.17) is 39.9 Å². The van der Waals surface area contributed by atoms with Crippen LogP contribution in [0.5, 0.6) is 0 Å². The molecule has 0 radical (unpaired) electrons. The number of benzene rings is 3. The summed E-state index contributed by atoms with van der Waals surface area (Å²) in [5.41, 5.74) is 9.09. The van der Waals surface area contributed by atoms with Gasteiger partial charge in [-0.2, -0.15) is 5.10 Å². The zero-order valence-corrected chi connectivity index (χ0v) is 19.5. The van der Waals surface area contributed by atoms with Crippen molar-refractivity contribution in [2.24, 2.45) is 0 Å². The summed E-state index contributed by atoms with van der Waals surface area (Å²) in [6.07, 6.45) is 0. The summed E-state index contributed by atoms with van der Waals surface area (Å²) in [5.74, 6) is 0. The number of hydrogen-bond donors (Lipinski definition) is 0. The molecule has 0 amide bonds. The van der Waals surface area contributed by atoms with E-state index in [1.807, 2.05) is 16.8 Å². The number of aromatic nitrogens is 2. The van der Waals surface area contributed by atoms with Gasteiger partial charge in [0.2, 0.25) is 0 Å². The SMILES string of the molecule is Cc1ccc(-c2nn(-c3cc(Cl)cc(Cl)c3)c(-c3ccc(C)c(C)c3)c2Cl)cc1C. The highest BCUT2D eigenvalue weighted by Gasteiger charge is 2.21. The Morgan fingerprint density at radius 2 is 1.17 bits per heavy atom. The summed E-state index contributed by atoms with van der Waals surface area (Å²) in [5, 5.41) is 6.58. The lowest BCUT2D eigenvalue weighted by molar-refractivity contribution is 0.891. The fourth-order valence-corrected chi connectivity index (χ4v) is 4.31. The van der Waals surface area contributed by atoms with E-state index in [9.17, 15) is 0 Å². The number of aryl methyl sites for hydroxylation is 4. The molecule has 1 aromatic heterocycles. The second kappa shape index (κ2) is 8.11. The monoisotopic (exact) mass is 454 g/mol. The van der Waals surface area contributed by atoms with Crippen LogP contribution in [0.4, 0.5) is 0 Å². The summed E-state index contributed by atoms with van der Waals surface area (Å²) in [4.78, 5) is 0. The predicted molar refractivity (Wildman–Crippen MR) is 128 cm³/mol. The van der Waals surface area contributed by atoms with Gasteiger partial charge in [0.25, 0.3) is 0 Å². The first-order chi connectivity index (χ1) is 14.2. The highest BCUT2D eigenvalue weighted by molar-refractivity contribution is 6.36. The van der Waals surface area contributed by atoms with Gasteiger partial charge in [-0.3, -0.25) is 0 Å². The maximum Gasteiger partial charge on any atom is 0.112 e. The van der Waals surface area contributed by atoms with Crippen LogP contribution < -0.4 is 0 Å². The lowest BCUT2D eigenvalue weighted by atomic mass is 10.0. The minimum atomic E-state index is 0.544. The van der Waals surface area contributed by atoms with Crippen LogP contribution in [-0.4, -0.2) is 9.78 Å². The normalized spacial score (nSPS) is 11.2. The molecule has 30 heavy (non-hydrogen) atoms. The van der Waals surface area contributed by atoms with Gasteiger partial charge in [-0.15, -0.1) is 0 Å². The number of halogens is 3. The van der Waals surface area contributed by atoms with E-state index in [1.165, 1.54) is 22.3 Å². The molecule has 0 unspecified atom stereocenters. The minimum Gasteiger partial charge on any atom is -0.231 e. The van der Waals surface area contributed by atoms with Crippen molar-refractivity contribution >= 4 is 34.8 Å². The molecule has 0 aliphatic carbocycles. The molecule has 4 rings (SSSR count). The fraction of sp³-hybridized carbons (Fsp3) is 0.160. The van der Waals surface area contributed by atoms with Crippen molar-refractivity contribution in [3.63, 3.8) is 0 Å². The second-order valence-electron chi connectivity index (χ2n) is 7.65. The summed E-state index contributed by atoms with van der Waals surface area (Å²) >= 11 is 19.5. The molecule has 0 fully saturated rings. The quantitative estimate of drug-likeness (QED) is 0.303. The molecule has 5 heteroatoms. The van der Waals surface area contributed by atoms with E-state index in [2.05, 4.69) is 64.1 Å². The summed E-state index contributed by atoms with van der Waals surface area (Å²) < 4.78 is 1.83. The van der Waals surface area contributed by atoms with E-state index < -0.39 is 0 Å². The molecule has 0 spiro atoms. The van der Waals surface area contributed by atoms with Gasteiger partial charge in [-0.25, -0.2) is 4.68 Å². The summed E-state index contributed by atoms with van der Waals surface area (Å²) in [6, 6.07) is 17.9. The first-order valence-electron chi connectivity index (χ1n) is 9.65. The van der Waals surface area contributed by atoms with Gasteiger partial charge in [-0.05, 0) is 80.3 Å². The summed E-state index contributed by atoms with van der Waals surface area (Å²) in [7, 11) is 0. The molecule has 4 aromatic rings. The smallest absolute Gasteiger partial charge is 0.112 e. The number of hydrogen-bond acceptors (Lipinski definition) is 1. The van der Waals surface area contributed by atoms with Crippen LogP contribution >= 0.6 is 34.8 Å². The highest BCUT2D eigenvalue weighted by Crippen LogP contribution is 2.39. The molecule has 0 aliphatic heterocycles. The maximum atomic E-state index is 6.96. The van der Waals surface area contributed by atoms with Crippen molar-refractivity contribution in [1.29, 1.82) is 0 Å². The Morgan fingerprint density at radius 1 is 0.633 bits per heavy atom. The van der Waals surface area contributed by atoms with Gasteiger partial charge in [0.05, 0.1) is 16.4 Å². The van der Waals surface area contributed by atoms with E-state index >= 15 is 0 Å². The molecule has 3 aromatic carbocycles. The van der Waals surface area contributed by atoms with Crippen LogP contribution in [0.25, 0.3) is 28.2 Å². The van der Waals surface area contributed by atoms with Crippen LogP contribution in [0.1, 0.15) is 22.3 Å². The Morgan fingerprint density at radius 3 is 1.73 bits per heavy atom. The standard InChI is InChI=1S/C25H21Cl3N2/c1-14-5-7-18(9-16(14)3)24-23(28)25(19-8-6-15(2)17(4)10-19)30(29-24)22-12-20(26)11-21(27)13-22/h5-13H,1-4H3. The van der Waals surface area contributed by atoms with Gasteiger partial charge >= 0.3 is 0 Å². The van der Waals surface area contributed by atoms with Crippen molar-refractivity contribution < 1.29 is 0 Å². The minimum absolute atomic E-state index is 0.544. The Labute approximate surface area is 192 Å². The maximum absolute atomic E-state index is 6.96. The molecule has 0 aliphatic rings. The van der Waals surface area contributed by atoms with Crippen molar-refractivity contribution in [2.45, 2.75) is 27.7 Å². The van der Waals surface area contributed by atoms with Gasteiger partial charge in [-0.1, -0.05) is 59.1 Å². The fourth-order valence-electron chi connectivity index (χ4n) is 3.46. The third-order valence-electron chi connectivity index (χ3n) is 5.48. The largest absolute Gasteiger partial charge is 0.231 e. The molecule has 0 bridgehead atoms. The zero-order chi connectivity index (χ0) is 21.6. The van der Waals surface area contributed by atoms with Gasteiger partial charge in [0.15, 0.2) is 0 Å². The Hall–Kier alpha value is -2.26. The third-order valence-corrected chi connectivity index (χ3v) is 6.27. The van der Waals surface area contributed by atoms with Gasteiger partial charge < -0.3 is 0 Å². The average Bonchev–Trinajstić information content (AvgIpc) is 3.03. The van der Waals surface area contributed by atoms with Crippen LogP contribution in [-0.2, 0) is 0 Å². The lowest BCUT2D eigenvalue weighted by Crippen LogP contribution is -2.00. The first kappa shape index (κ1) is 21.0. The van der Waals surface area contributed by atoms with Crippen molar-refractivity contribution in [2.75, 3.05) is 0 Å². The van der Waals surface area contributed by atoms with E-state index in [0.717, 1.165) is 28.2 Å². The molecular formula is C25H21Cl3N2. The number of nitrogens with zero attached hydrogens (tertiary/aromatic N) is 2. The highest BCUT2D eigenvalue weighted by atomic mass is 35.5. The third kappa shape index (κ3) is 3.88. The summed E-state index contributed by atoms with van der Waals surface area (Å²) in [6.45, 7) is 8.36. The average molecular weight is 456 g/mol. The first-order valence-corrected chi connectivity index (χ1v) is 10.8. The topological polar surface area (TPSA) is 17.8 Å². The molecule has 0 atom stereocenters. The van der Waals surface area contributed by atoms with Crippen molar-refractivity contribution in [1.82, 2.24) is 9.78 Å². The van der Waals surface area contributed by atoms with Crippen LogP contribution in [0, 0.1) is 27.7 Å². The molecule has 152 valence electrons. The van der Waals surface area contributed by atoms with E-state index in [-0.39, 0.29) is 0 Å². The van der Waals surface area contributed by atoms with Crippen molar-refractivity contribution in [3.05, 3.63) is 91.9 Å². The van der Waals surface area contributed by atoms with Crippen LogP contribution in [0.15, 0.2) is 54.6 Å². The van der Waals surface area contributed by atoms with Gasteiger partial charge in [0.1, 0.15) is 5.69 Å². The molecule has 1 heterocycles. The van der Waals surface area contributed by atoms with Crippen molar-refractivity contribution in [3.8, 4) is 28.2 Å². The van der Waals surface area contributed by atoms with E-state index in [0.29, 0.717) is 15.1 Å².